The number of thiophene rings is 1. The van der Waals surface area contributed by atoms with Gasteiger partial charge in [0.15, 0.2) is 6.61 Å². The fourth-order valence-electron chi connectivity index (χ4n) is 3.46. The van der Waals surface area contributed by atoms with E-state index in [0.717, 1.165) is 34.6 Å². The van der Waals surface area contributed by atoms with Gasteiger partial charge in [0.1, 0.15) is 5.00 Å². The number of methoxy groups -OCH3 is 1. The lowest BCUT2D eigenvalue weighted by atomic mass is 10.1. The third-order valence-electron chi connectivity index (χ3n) is 4.92. The van der Waals surface area contributed by atoms with Gasteiger partial charge in [-0.1, -0.05) is 12.1 Å². The quantitative estimate of drug-likeness (QED) is 0.498. The van der Waals surface area contributed by atoms with Gasteiger partial charge in [0.25, 0.3) is 5.91 Å². The van der Waals surface area contributed by atoms with E-state index in [1.165, 1.54) is 31.6 Å². The second-order valence-corrected chi connectivity index (χ2v) is 8.06. The van der Waals surface area contributed by atoms with Crippen molar-refractivity contribution in [2.24, 2.45) is 0 Å². The van der Waals surface area contributed by atoms with Crippen molar-refractivity contribution in [2.75, 3.05) is 37.6 Å². The molecule has 10 heteroatoms. The number of amides is 2. The van der Waals surface area contributed by atoms with Crippen molar-refractivity contribution in [3.8, 4) is 0 Å². The van der Waals surface area contributed by atoms with Crippen LogP contribution in [0.5, 0.6) is 0 Å². The second-order valence-electron chi connectivity index (χ2n) is 6.95. The predicted molar refractivity (Wildman–Crippen MR) is 118 cm³/mol. The number of carbonyl (C=O) groups excluding carboxylic acids is 4. The van der Waals surface area contributed by atoms with E-state index in [9.17, 15) is 19.2 Å². The van der Waals surface area contributed by atoms with Gasteiger partial charge in [0, 0.05) is 11.9 Å². The van der Waals surface area contributed by atoms with Gasteiger partial charge in [-0.15, -0.1) is 11.3 Å². The Bertz CT molecular complexity index is 1050. The number of aryl methyl sites for hydroxylation is 1. The number of ether oxygens (including phenoxy) is 3. The molecule has 1 heterocycles. The lowest BCUT2D eigenvalue weighted by Crippen LogP contribution is -2.28. The van der Waals surface area contributed by atoms with Gasteiger partial charge in [-0.25, -0.2) is 14.4 Å². The minimum absolute atomic E-state index is 0.107. The van der Waals surface area contributed by atoms with E-state index in [0.29, 0.717) is 10.6 Å². The molecular weight excluding hydrogens is 436 g/mol. The first-order chi connectivity index (χ1) is 15.4. The Hall–Kier alpha value is -3.40. The molecule has 1 aliphatic carbocycles. The van der Waals surface area contributed by atoms with Gasteiger partial charge in [-0.2, -0.15) is 0 Å². The highest BCUT2D eigenvalue weighted by Gasteiger charge is 2.28. The maximum Gasteiger partial charge on any atom is 0.413 e. The van der Waals surface area contributed by atoms with E-state index in [1.54, 1.807) is 25.1 Å². The monoisotopic (exact) mass is 460 g/mol. The average Bonchev–Trinajstić information content (AvgIpc) is 3.37. The van der Waals surface area contributed by atoms with Crippen molar-refractivity contribution >= 4 is 46.0 Å². The van der Waals surface area contributed by atoms with Crippen LogP contribution in [0.25, 0.3) is 0 Å². The van der Waals surface area contributed by atoms with Crippen LogP contribution in [0.4, 0.5) is 15.5 Å². The highest BCUT2D eigenvalue weighted by Crippen LogP contribution is 2.39. The number of nitrogens with one attached hydrogen (secondary N) is 1. The number of fused-ring (bicyclic) bond motifs is 1. The number of rotatable bonds is 7. The molecule has 0 radical (unpaired) electrons. The number of anilines is 2. The van der Waals surface area contributed by atoms with Gasteiger partial charge in [0.05, 0.1) is 30.5 Å². The van der Waals surface area contributed by atoms with Gasteiger partial charge in [-0.05, 0) is 43.9 Å². The molecule has 0 saturated carbocycles. The molecule has 170 valence electrons. The van der Waals surface area contributed by atoms with Crippen molar-refractivity contribution < 1.29 is 33.4 Å². The molecule has 1 N–H and O–H groups in total. The number of hydrogen-bond donors (Lipinski definition) is 1. The zero-order chi connectivity index (χ0) is 23.3. The second kappa shape index (κ2) is 10.3. The van der Waals surface area contributed by atoms with E-state index >= 15 is 0 Å². The Morgan fingerprint density at radius 2 is 1.84 bits per heavy atom. The largest absolute Gasteiger partial charge is 0.462 e. The van der Waals surface area contributed by atoms with Crippen LogP contribution >= 0.6 is 11.3 Å². The van der Waals surface area contributed by atoms with Crippen LogP contribution < -0.4 is 10.2 Å². The minimum Gasteiger partial charge on any atom is -0.462 e. The van der Waals surface area contributed by atoms with E-state index < -0.39 is 30.5 Å². The highest BCUT2D eigenvalue weighted by atomic mass is 32.1. The molecule has 0 unspecified atom stereocenters. The molecule has 0 bridgehead atoms. The summed E-state index contributed by atoms with van der Waals surface area (Å²) in [6.07, 6.45) is 1.91. The molecule has 2 aromatic rings. The molecular formula is C22H24N2O7S. The molecule has 0 fully saturated rings. The Morgan fingerprint density at radius 3 is 2.56 bits per heavy atom. The van der Waals surface area contributed by atoms with Crippen molar-refractivity contribution in [2.45, 2.75) is 26.2 Å². The summed E-state index contributed by atoms with van der Waals surface area (Å²) in [5.74, 6) is -1.83. The third kappa shape index (κ3) is 4.91. The molecule has 32 heavy (non-hydrogen) atoms. The van der Waals surface area contributed by atoms with Crippen LogP contribution in [0.15, 0.2) is 24.3 Å². The molecule has 3 rings (SSSR count). The van der Waals surface area contributed by atoms with Crippen LogP contribution in [-0.2, 0) is 31.8 Å². The predicted octanol–water partition coefficient (Wildman–Crippen LogP) is 3.41. The van der Waals surface area contributed by atoms with Crippen LogP contribution in [0, 0.1) is 0 Å². The Labute approximate surface area is 189 Å². The van der Waals surface area contributed by atoms with E-state index in [2.05, 4.69) is 10.1 Å². The lowest BCUT2D eigenvalue weighted by Gasteiger charge is -2.18. The molecule has 0 saturated heterocycles. The Balaban J connectivity index is 1.69. The van der Waals surface area contributed by atoms with Gasteiger partial charge < -0.3 is 19.5 Å². The van der Waals surface area contributed by atoms with E-state index in [1.807, 2.05) is 0 Å². The Kier molecular flexibility index (Phi) is 7.47. The van der Waals surface area contributed by atoms with Crippen LogP contribution in [0.3, 0.4) is 0 Å². The maximum absolute atomic E-state index is 12.6. The molecule has 0 spiro atoms. The van der Waals surface area contributed by atoms with E-state index in [4.69, 9.17) is 9.47 Å². The molecule has 2 amide bonds. The van der Waals surface area contributed by atoms with Crippen molar-refractivity contribution in [3.05, 3.63) is 45.8 Å². The summed E-state index contributed by atoms with van der Waals surface area (Å²) in [7, 11) is 2.69. The van der Waals surface area contributed by atoms with Gasteiger partial charge in [-0.3, -0.25) is 9.69 Å². The zero-order valence-corrected chi connectivity index (χ0v) is 18.9. The summed E-state index contributed by atoms with van der Waals surface area (Å²) in [4.78, 5) is 51.4. The molecule has 1 aromatic carbocycles. The first-order valence-electron chi connectivity index (χ1n) is 10.1. The Morgan fingerprint density at radius 1 is 1.09 bits per heavy atom. The number of benzene rings is 1. The zero-order valence-electron chi connectivity index (χ0n) is 18.1. The first-order valence-corrected chi connectivity index (χ1v) is 10.9. The van der Waals surface area contributed by atoms with Crippen molar-refractivity contribution in [1.82, 2.24) is 0 Å². The van der Waals surface area contributed by atoms with Gasteiger partial charge >= 0.3 is 18.0 Å². The van der Waals surface area contributed by atoms with Crippen LogP contribution in [-0.4, -0.2) is 51.3 Å². The van der Waals surface area contributed by atoms with Crippen LogP contribution in [0.1, 0.15) is 44.5 Å². The SMILES string of the molecule is CCOC(=O)c1c(NC(=O)COC(=O)c2ccccc2N(C)C(=O)OC)sc2c1CCC2. The summed E-state index contributed by atoms with van der Waals surface area (Å²) in [6.45, 7) is 1.39. The molecule has 0 atom stereocenters. The highest BCUT2D eigenvalue weighted by molar-refractivity contribution is 7.17. The van der Waals surface area contributed by atoms with E-state index in [-0.39, 0.29) is 17.9 Å². The van der Waals surface area contributed by atoms with Crippen LogP contribution in [0.2, 0.25) is 0 Å². The molecule has 9 nitrogen and oxygen atoms in total. The minimum atomic E-state index is -0.772. The summed E-state index contributed by atoms with van der Waals surface area (Å²) in [5.41, 5.74) is 1.69. The van der Waals surface area contributed by atoms with Crippen molar-refractivity contribution in [1.29, 1.82) is 0 Å². The fraction of sp³-hybridized carbons (Fsp3) is 0.364. The molecule has 1 aliphatic rings. The smallest absolute Gasteiger partial charge is 0.413 e. The number of esters is 2. The third-order valence-corrected chi connectivity index (χ3v) is 6.13. The summed E-state index contributed by atoms with van der Waals surface area (Å²) < 4.78 is 15.0. The lowest BCUT2D eigenvalue weighted by molar-refractivity contribution is -0.119. The average molecular weight is 461 g/mol. The van der Waals surface area contributed by atoms with Gasteiger partial charge in [0.2, 0.25) is 0 Å². The number of hydrogen-bond acceptors (Lipinski definition) is 8. The number of nitrogens with zero attached hydrogens (tertiary/aromatic N) is 1. The first kappa shape index (κ1) is 23.3. The topological polar surface area (TPSA) is 111 Å². The number of carbonyl (C=O) groups is 4. The fourth-order valence-corrected chi connectivity index (χ4v) is 4.75. The molecule has 1 aromatic heterocycles. The summed E-state index contributed by atoms with van der Waals surface area (Å²) >= 11 is 1.34. The maximum atomic E-state index is 12.6. The molecule has 0 aliphatic heterocycles. The summed E-state index contributed by atoms with van der Waals surface area (Å²) in [5, 5.41) is 3.07. The standard InChI is InChI=1S/C22H24N2O7S/c1-4-30-21(27)18-14-9-7-11-16(14)32-19(18)23-17(25)12-31-20(26)13-8-5-6-10-15(13)24(2)22(28)29-3/h5-6,8,10H,4,7,9,11-12H2,1-3H3,(H,23,25). The van der Waals surface area contributed by atoms with Crippen molar-refractivity contribution in [3.63, 3.8) is 0 Å². The normalized spacial score (nSPS) is 12.0. The summed E-state index contributed by atoms with van der Waals surface area (Å²) in [6, 6.07) is 6.32. The number of para-hydroxylation sites is 1.